The number of guanidine groups is 1. The number of pyridine rings is 1. The van der Waals surface area contributed by atoms with Gasteiger partial charge in [0.1, 0.15) is 11.5 Å². The number of rotatable bonds is 9. The van der Waals surface area contributed by atoms with E-state index in [0.29, 0.717) is 24.8 Å². The van der Waals surface area contributed by atoms with Crippen LogP contribution < -0.4 is 20.1 Å². The molecule has 1 aliphatic heterocycles. The van der Waals surface area contributed by atoms with Crippen LogP contribution in [0.3, 0.4) is 0 Å². The number of hydrogen-bond acceptors (Lipinski definition) is 5. The molecule has 1 aliphatic rings. The Balaban J connectivity index is 1.56. The standard InChI is InChI=1S/C23H32N4O3/c1-4-14-28-19-8-10-20(11-9-19)30-21-18(7-5-13-25-21)16-26-22(24-3)27-17-23(2)12-6-15-29-23/h5,7-11,13H,4,6,12,14-17H2,1-3H3,(H2,24,26,27). The van der Waals surface area contributed by atoms with E-state index in [4.69, 9.17) is 14.2 Å². The minimum atomic E-state index is -0.132. The number of aliphatic imine (C=N–C) groups is 1. The third kappa shape index (κ3) is 6.35. The zero-order valence-corrected chi connectivity index (χ0v) is 18.1. The molecule has 2 N–H and O–H groups in total. The lowest BCUT2D eigenvalue weighted by molar-refractivity contribution is 0.0243. The molecule has 1 saturated heterocycles. The van der Waals surface area contributed by atoms with E-state index < -0.39 is 0 Å². The normalized spacial score (nSPS) is 18.8. The first-order valence-electron chi connectivity index (χ1n) is 10.5. The summed E-state index contributed by atoms with van der Waals surface area (Å²) in [5, 5.41) is 6.68. The highest BCUT2D eigenvalue weighted by Gasteiger charge is 2.29. The van der Waals surface area contributed by atoms with E-state index >= 15 is 0 Å². The van der Waals surface area contributed by atoms with Gasteiger partial charge < -0.3 is 24.8 Å². The van der Waals surface area contributed by atoms with Crippen molar-refractivity contribution in [2.45, 2.75) is 45.3 Å². The van der Waals surface area contributed by atoms with E-state index in [1.165, 1.54) is 0 Å². The molecule has 1 atom stereocenters. The van der Waals surface area contributed by atoms with Gasteiger partial charge in [0.25, 0.3) is 0 Å². The smallest absolute Gasteiger partial charge is 0.224 e. The van der Waals surface area contributed by atoms with Crippen molar-refractivity contribution in [1.82, 2.24) is 15.6 Å². The van der Waals surface area contributed by atoms with Crippen molar-refractivity contribution in [3.05, 3.63) is 48.2 Å². The highest BCUT2D eigenvalue weighted by molar-refractivity contribution is 5.79. The fraction of sp³-hybridized carbons (Fsp3) is 0.478. The molecule has 1 unspecified atom stereocenters. The first kappa shape index (κ1) is 21.9. The highest BCUT2D eigenvalue weighted by Crippen LogP contribution is 2.25. The van der Waals surface area contributed by atoms with Crippen LogP contribution >= 0.6 is 0 Å². The fourth-order valence-electron chi connectivity index (χ4n) is 3.23. The van der Waals surface area contributed by atoms with Gasteiger partial charge in [-0.3, -0.25) is 4.99 Å². The summed E-state index contributed by atoms with van der Waals surface area (Å²) in [6, 6.07) is 11.5. The van der Waals surface area contributed by atoms with Gasteiger partial charge >= 0.3 is 0 Å². The Hall–Kier alpha value is -2.80. The van der Waals surface area contributed by atoms with E-state index in [-0.39, 0.29) is 5.60 Å². The molecule has 0 amide bonds. The lowest BCUT2D eigenvalue weighted by atomic mass is 10.0. The van der Waals surface area contributed by atoms with E-state index in [1.54, 1.807) is 13.2 Å². The van der Waals surface area contributed by atoms with Gasteiger partial charge in [-0.05, 0) is 56.5 Å². The number of hydrogen-bond donors (Lipinski definition) is 2. The summed E-state index contributed by atoms with van der Waals surface area (Å²) in [6.45, 7) is 7.00. The Morgan fingerprint density at radius 1 is 1.20 bits per heavy atom. The molecule has 0 bridgehead atoms. The number of nitrogens with zero attached hydrogens (tertiary/aromatic N) is 2. The minimum absolute atomic E-state index is 0.132. The molecular formula is C23H32N4O3. The monoisotopic (exact) mass is 412 g/mol. The van der Waals surface area contributed by atoms with Crippen LogP contribution in [0.1, 0.15) is 38.7 Å². The third-order valence-electron chi connectivity index (χ3n) is 4.96. The quantitative estimate of drug-likeness (QED) is 0.481. The molecular weight excluding hydrogens is 380 g/mol. The van der Waals surface area contributed by atoms with Gasteiger partial charge in [-0.15, -0.1) is 0 Å². The lowest BCUT2D eigenvalue weighted by Crippen LogP contribution is -2.45. The summed E-state index contributed by atoms with van der Waals surface area (Å²) in [6.07, 6.45) is 4.86. The van der Waals surface area contributed by atoms with Gasteiger partial charge in [0, 0.05) is 38.5 Å². The fourth-order valence-corrected chi connectivity index (χ4v) is 3.23. The molecule has 0 spiro atoms. The molecule has 2 heterocycles. The first-order chi connectivity index (χ1) is 14.6. The molecule has 7 heteroatoms. The van der Waals surface area contributed by atoms with E-state index in [9.17, 15) is 0 Å². The molecule has 3 rings (SSSR count). The van der Waals surface area contributed by atoms with Crippen molar-refractivity contribution in [2.24, 2.45) is 4.99 Å². The van der Waals surface area contributed by atoms with Crippen molar-refractivity contribution in [3.8, 4) is 17.4 Å². The molecule has 30 heavy (non-hydrogen) atoms. The molecule has 0 radical (unpaired) electrons. The Bertz CT molecular complexity index is 817. The van der Waals surface area contributed by atoms with E-state index in [2.05, 4.69) is 34.5 Å². The summed E-state index contributed by atoms with van der Waals surface area (Å²) in [4.78, 5) is 8.70. The van der Waals surface area contributed by atoms with Crippen molar-refractivity contribution in [1.29, 1.82) is 0 Å². The lowest BCUT2D eigenvalue weighted by Gasteiger charge is -2.24. The zero-order chi connectivity index (χ0) is 21.2. The largest absolute Gasteiger partial charge is 0.494 e. The topological polar surface area (TPSA) is 77.0 Å². The van der Waals surface area contributed by atoms with Gasteiger partial charge in [-0.25, -0.2) is 4.98 Å². The van der Waals surface area contributed by atoms with Gasteiger partial charge in [0.2, 0.25) is 5.88 Å². The summed E-state index contributed by atoms with van der Waals surface area (Å²) in [5.41, 5.74) is 0.808. The molecule has 7 nitrogen and oxygen atoms in total. The Morgan fingerprint density at radius 3 is 2.70 bits per heavy atom. The predicted octanol–water partition coefficient (Wildman–Crippen LogP) is 3.90. The number of ether oxygens (including phenoxy) is 3. The van der Waals surface area contributed by atoms with Gasteiger partial charge in [-0.1, -0.05) is 13.0 Å². The predicted molar refractivity (Wildman–Crippen MR) is 118 cm³/mol. The molecule has 1 aromatic heterocycles. The number of nitrogens with one attached hydrogen (secondary N) is 2. The number of benzene rings is 1. The maximum absolute atomic E-state index is 6.01. The number of aromatic nitrogens is 1. The van der Waals surface area contributed by atoms with Crippen LogP contribution in [0.4, 0.5) is 0 Å². The van der Waals surface area contributed by atoms with Crippen LogP contribution in [0.25, 0.3) is 0 Å². The van der Waals surface area contributed by atoms with Gasteiger partial charge in [0.15, 0.2) is 5.96 Å². The second kappa shape index (κ2) is 10.8. The van der Waals surface area contributed by atoms with Crippen LogP contribution in [0.2, 0.25) is 0 Å². The summed E-state index contributed by atoms with van der Waals surface area (Å²) >= 11 is 0. The Kier molecular flexibility index (Phi) is 7.90. The third-order valence-corrected chi connectivity index (χ3v) is 4.96. The van der Waals surface area contributed by atoms with Crippen molar-refractivity contribution in [3.63, 3.8) is 0 Å². The molecule has 0 saturated carbocycles. The second-order valence-corrected chi connectivity index (χ2v) is 7.57. The van der Waals surface area contributed by atoms with Crippen LogP contribution in [0.5, 0.6) is 17.4 Å². The molecule has 1 fully saturated rings. The van der Waals surface area contributed by atoms with Crippen LogP contribution in [0, 0.1) is 0 Å². The average Bonchev–Trinajstić information content (AvgIpc) is 3.21. The zero-order valence-electron chi connectivity index (χ0n) is 18.1. The Morgan fingerprint density at radius 2 is 2.00 bits per heavy atom. The maximum Gasteiger partial charge on any atom is 0.224 e. The molecule has 162 valence electrons. The van der Waals surface area contributed by atoms with E-state index in [0.717, 1.165) is 49.7 Å². The Labute approximate surface area is 178 Å². The average molecular weight is 413 g/mol. The van der Waals surface area contributed by atoms with Gasteiger partial charge in [-0.2, -0.15) is 0 Å². The molecule has 1 aromatic carbocycles. The minimum Gasteiger partial charge on any atom is -0.494 e. The highest BCUT2D eigenvalue weighted by atomic mass is 16.5. The first-order valence-corrected chi connectivity index (χ1v) is 10.5. The van der Waals surface area contributed by atoms with Crippen LogP contribution in [-0.2, 0) is 11.3 Å². The SMILES string of the molecule is CCCOc1ccc(Oc2ncccc2CNC(=NC)NCC2(C)CCCO2)cc1. The summed E-state index contributed by atoms with van der Waals surface area (Å²) in [7, 11) is 1.76. The maximum atomic E-state index is 6.01. The second-order valence-electron chi connectivity index (χ2n) is 7.57. The van der Waals surface area contributed by atoms with Crippen molar-refractivity contribution >= 4 is 5.96 Å². The molecule has 2 aromatic rings. The van der Waals surface area contributed by atoms with E-state index in [1.807, 2.05) is 36.4 Å². The van der Waals surface area contributed by atoms with Gasteiger partial charge in [0.05, 0.1) is 12.2 Å². The van der Waals surface area contributed by atoms with Crippen molar-refractivity contribution < 1.29 is 14.2 Å². The van der Waals surface area contributed by atoms with Crippen molar-refractivity contribution in [2.75, 3.05) is 26.8 Å². The molecule has 0 aliphatic carbocycles. The van der Waals surface area contributed by atoms with Crippen LogP contribution in [0.15, 0.2) is 47.6 Å². The summed E-state index contributed by atoms with van der Waals surface area (Å²) in [5.74, 6) is 2.84. The van der Waals surface area contributed by atoms with Crippen LogP contribution in [-0.4, -0.2) is 43.4 Å². The summed E-state index contributed by atoms with van der Waals surface area (Å²) < 4.78 is 17.5.